The van der Waals surface area contributed by atoms with Crippen LogP contribution in [0.25, 0.3) is 0 Å². The molecule has 1 aliphatic carbocycles. The monoisotopic (exact) mass is 180 g/mol. The summed E-state index contributed by atoms with van der Waals surface area (Å²) in [7, 11) is 0. The predicted octanol–water partition coefficient (Wildman–Crippen LogP) is 1.00. The average Bonchev–Trinajstić information content (AvgIpc) is 2.84. The topological polar surface area (TPSA) is 68.3 Å². The summed E-state index contributed by atoms with van der Waals surface area (Å²) in [4.78, 5) is 11.4. The summed E-state index contributed by atoms with van der Waals surface area (Å²) in [5.74, 6) is 0.676. The summed E-state index contributed by atoms with van der Waals surface area (Å²) in [6, 6.07) is 1.58. The first kappa shape index (κ1) is 8.16. The van der Waals surface area contributed by atoms with Crippen LogP contribution in [0.3, 0.4) is 0 Å². The van der Waals surface area contributed by atoms with E-state index in [1.54, 1.807) is 6.07 Å². The van der Waals surface area contributed by atoms with Gasteiger partial charge in [0.1, 0.15) is 0 Å². The van der Waals surface area contributed by atoms with E-state index in [-0.39, 0.29) is 11.7 Å². The van der Waals surface area contributed by atoms with Crippen LogP contribution in [0.2, 0.25) is 0 Å². The standard InChI is InChI=1S/C9H12N2O2/c10-7-3-4-13-8(7)9(12)11-5-6-1-2-6/h3-4,6H,1-2,5,10H2,(H,11,12). The smallest absolute Gasteiger partial charge is 0.289 e. The molecule has 13 heavy (non-hydrogen) atoms. The maximum absolute atomic E-state index is 11.4. The van der Waals surface area contributed by atoms with Crippen molar-refractivity contribution in [2.45, 2.75) is 12.8 Å². The third-order valence-corrected chi connectivity index (χ3v) is 2.15. The molecule has 3 N–H and O–H groups in total. The van der Waals surface area contributed by atoms with Gasteiger partial charge in [0, 0.05) is 12.6 Å². The lowest BCUT2D eigenvalue weighted by Gasteiger charge is -2.01. The maximum atomic E-state index is 11.4. The summed E-state index contributed by atoms with van der Waals surface area (Å²) >= 11 is 0. The molecule has 0 aromatic carbocycles. The second-order valence-electron chi connectivity index (χ2n) is 3.36. The van der Waals surface area contributed by atoms with Crippen LogP contribution in [0.5, 0.6) is 0 Å². The number of amides is 1. The Morgan fingerprint density at radius 1 is 1.69 bits per heavy atom. The van der Waals surface area contributed by atoms with Crippen molar-refractivity contribution in [3.63, 3.8) is 0 Å². The van der Waals surface area contributed by atoms with Gasteiger partial charge in [0.15, 0.2) is 0 Å². The second kappa shape index (κ2) is 3.12. The highest BCUT2D eigenvalue weighted by atomic mass is 16.3. The molecule has 0 radical (unpaired) electrons. The highest BCUT2D eigenvalue weighted by Gasteiger charge is 2.23. The molecular weight excluding hydrogens is 168 g/mol. The summed E-state index contributed by atoms with van der Waals surface area (Å²) in [5.41, 5.74) is 5.91. The van der Waals surface area contributed by atoms with Gasteiger partial charge >= 0.3 is 0 Å². The van der Waals surface area contributed by atoms with E-state index in [2.05, 4.69) is 5.32 Å². The predicted molar refractivity (Wildman–Crippen MR) is 48.2 cm³/mol. The Hall–Kier alpha value is -1.45. The molecule has 4 nitrogen and oxygen atoms in total. The minimum atomic E-state index is -0.214. The number of furan rings is 1. The van der Waals surface area contributed by atoms with Crippen molar-refractivity contribution in [1.29, 1.82) is 0 Å². The molecule has 70 valence electrons. The lowest BCUT2D eigenvalue weighted by Crippen LogP contribution is -2.25. The fraction of sp³-hybridized carbons (Fsp3) is 0.444. The number of hydrogen-bond donors (Lipinski definition) is 2. The molecule has 2 rings (SSSR count). The van der Waals surface area contributed by atoms with E-state index in [0.717, 1.165) is 6.54 Å². The fourth-order valence-corrected chi connectivity index (χ4v) is 1.14. The van der Waals surface area contributed by atoms with E-state index in [4.69, 9.17) is 10.2 Å². The molecule has 0 unspecified atom stereocenters. The van der Waals surface area contributed by atoms with E-state index < -0.39 is 0 Å². The number of rotatable bonds is 3. The minimum absolute atomic E-state index is 0.214. The van der Waals surface area contributed by atoms with Gasteiger partial charge < -0.3 is 15.5 Å². The van der Waals surface area contributed by atoms with Gasteiger partial charge in [-0.25, -0.2) is 0 Å². The Bertz CT molecular complexity index is 315. The molecule has 1 amide bonds. The van der Waals surface area contributed by atoms with Crippen LogP contribution in [-0.4, -0.2) is 12.5 Å². The number of nitrogens with one attached hydrogen (secondary N) is 1. The Kier molecular flexibility index (Phi) is 1.96. The number of anilines is 1. The molecule has 0 aliphatic heterocycles. The van der Waals surface area contributed by atoms with E-state index in [1.807, 2.05) is 0 Å². The molecule has 1 heterocycles. The normalized spacial score (nSPS) is 15.7. The number of carbonyl (C=O) groups is 1. The number of carbonyl (C=O) groups excluding carboxylic acids is 1. The van der Waals surface area contributed by atoms with Crippen LogP contribution >= 0.6 is 0 Å². The van der Waals surface area contributed by atoms with E-state index in [1.165, 1.54) is 19.1 Å². The van der Waals surface area contributed by atoms with Crippen LogP contribution in [0, 0.1) is 5.92 Å². The van der Waals surface area contributed by atoms with Crippen LogP contribution in [0.15, 0.2) is 16.7 Å². The molecule has 1 aromatic rings. The summed E-state index contributed by atoms with van der Waals surface area (Å²) < 4.78 is 4.94. The molecule has 1 fully saturated rings. The zero-order valence-electron chi connectivity index (χ0n) is 7.25. The number of nitrogens with two attached hydrogens (primary N) is 1. The largest absolute Gasteiger partial charge is 0.457 e. The quantitative estimate of drug-likeness (QED) is 0.729. The third-order valence-electron chi connectivity index (χ3n) is 2.15. The van der Waals surface area contributed by atoms with Gasteiger partial charge in [-0.05, 0) is 18.8 Å². The lowest BCUT2D eigenvalue weighted by atomic mass is 10.3. The summed E-state index contributed by atoms with van der Waals surface area (Å²) in [6.45, 7) is 0.735. The number of nitrogen functional groups attached to an aromatic ring is 1. The van der Waals surface area contributed by atoms with Crippen molar-refractivity contribution in [3.8, 4) is 0 Å². The Morgan fingerprint density at radius 3 is 3.00 bits per heavy atom. The van der Waals surface area contributed by atoms with E-state index in [9.17, 15) is 4.79 Å². The Balaban J connectivity index is 1.92. The SMILES string of the molecule is Nc1ccoc1C(=O)NCC1CC1. The van der Waals surface area contributed by atoms with E-state index in [0.29, 0.717) is 11.6 Å². The zero-order valence-corrected chi connectivity index (χ0v) is 7.25. The summed E-state index contributed by atoms with van der Waals surface area (Å²) in [6.07, 6.45) is 3.85. The average molecular weight is 180 g/mol. The van der Waals surface area contributed by atoms with Crippen LogP contribution in [0.1, 0.15) is 23.4 Å². The van der Waals surface area contributed by atoms with Gasteiger partial charge in [-0.2, -0.15) is 0 Å². The lowest BCUT2D eigenvalue weighted by molar-refractivity contribution is 0.0925. The molecule has 0 saturated heterocycles. The minimum Gasteiger partial charge on any atom is -0.457 e. The van der Waals surface area contributed by atoms with Gasteiger partial charge in [-0.3, -0.25) is 4.79 Å². The number of hydrogen-bond acceptors (Lipinski definition) is 3. The molecule has 0 bridgehead atoms. The van der Waals surface area contributed by atoms with Gasteiger partial charge in [-0.15, -0.1) is 0 Å². The van der Waals surface area contributed by atoms with Gasteiger partial charge in [0.2, 0.25) is 5.76 Å². The first-order valence-corrected chi connectivity index (χ1v) is 4.38. The molecule has 0 spiro atoms. The van der Waals surface area contributed by atoms with Crippen molar-refractivity contribution < 1.29 is 9.21 Å². The Labute approximate surface area is 76.1 Å². The highest BCUT2D eigenvalue weighted by molar-refractivity contribution is 5.96. The van der Waals surface area contributed by atoms with Crippen LogP contribution in [-0.2, 0) is 0 Å². The van der Waals surface area contributed by atoms with Crippen molar-refractivity contribution in [2.75, 3.05) is 12.3 Å². The molecule has 1 aliphatic rings. The van der Waals surface area contributed by atoms with Crippen molar-refractivity contribution in [3.05, 3.63) is 18.1 Å². The fourth-order valence-electron chi connectivity index (χ4n) is 1.14. The zero-order chi connectivity index (χ0) is 9.26. The van der Waals surface area contributed by atoms with Crippen LogP contribution in [0.4, 0.5) is 5.69 Å². The molecule has 4 heteroatoms. The first-order chi connectivity index (χ1) is 6.27. The van der Waals surface area contributed by atoms with Gasteiger partial charge in [0.25, 0.3) is 5.91 Å². The van der Waals surface area contributed by atoms with Crippen molar-refractivity contribution in [2.24, 2.45) is 5.92 Å². The highest BCUT2D eigenvalue weighted by Crippen LogP contribution is 2.27. The first-order valence-electron chi connectivity index (χ1n) is 4.38. The van der Waals surface area contributed by atoms with Gasteiger partial charge in [0.05, 0.1) is 12.0 Å². The maximum Gasteiger partial charge on any atom is 0.289 e. The van der Waals surface area contributed by atoms with Crippen LogP contribution < -0.4 is 11.1 Å². The van der Waals surface area contributed by atoms with Gasteiger partial charge in [-0.1, -0.05) is 0 Å². The summed E-state index contributed by atoms with van der Waals surface area (Å²) in [5, 5.41) is 2.78. The van der Waals surface area contributed by atoms with E-state index >= 15 is 0 Å². The Morgan fingerprint density at radius 2 is 2.46 bits per heavy atom. The van der Waals surface area contributed by atoms with Crippen molar-refractivity contribution >= 4 is 11.6 Å². The van der Waals surface area contributed by atoms with Crippen molar-refractivity contribution in [1.82, 2.24) is 5.32 Å². The molecular formula is C9H12N2O2. The molecule has 0 atom stereocenters. The molecule has 1 saturated carbocycles. The third kappa shape index (κ3) is 1.83. The molecule has 1 aromatic heterocycles. The second-order valence-corrected chi connectivity index (χ2v) is 3.36.